The number of aliphatic hydroxyl groups excluding tert-OH is 2. The molecule has 0 saturated carbocycles. The summed E-state index contributed by atoms with van der Waals surface area (Å²) in [5.74, 6) is 0. The topological polar surface area (TPSA) is 74.0 Å². The van der Waals surface area contributed by atoms with E-state index in [0.717, 1.165) is 36.6 Å². The van der Waals surface area contributed by atoms with E-state index in [1.807, 2.05) is 46.2 Å². The average Bonchev–Trinajstić information content (AvgIpc) is 3.10. The van der Waals surface area contributed by atoms with Crippen molar-refractivity contribution < 1.29 is 10.2 Å². The number of hydrogen-bond acceptors (Lipinski definition) is 6. The second-order valence-electron chi connectivity index (χ2n) is 8.42. The number of β-amino-alcohol motifs (C(OH)–C–C–N with tert-alkyl or cyclic N) is 1. The van der Waals surface area contributed by atoms with Gasteiger partial charge in [0, 0.05) is 31.9 Å². The van der Waals surface area contributed by atoms with Crippen LogP contribution in [-0.4, -0.2) is 47.2 Å². The van der Waals surface area contributed by atoms with E-state index in [1.165, 1.54) is 11.1 Å². The minimum atomic E-state index is -0.933. The number of para-hydroxylation sites is 2. The number of nitrogens with zero attached hydrogens (tertiary/aromatic N) is 4. The number of benzene rings is 3. The van der Waals surface area contributed by atoms with Gasteiger partial charge in [0.25, 0.3) is 0 Å². The van der Waals surface area contributed by atoms with Crippen molar-refractivity contribution >= 4 is 17.1 Å². The SMILES string of the molecule is N#Cc1ccc(N2c3ccccc3N(CC(O)CN3CCc4ccccc4C3)C2O)cc1. The van der Waals surface area contributed by atoms with Gasteiger partial charge in [-0.3, -0.25) is 9.80 Å². The first-order valence-electron chi connectivity index (χ1n) is 10.9. The molecule has 0 spiro atoms. The molecule has 0 saturated heterocycles. The van der Waals surface area contributed by atoms with Gasteiger partial charge in [-0.1, -0.05) is 36.4 Å². The molecule has 0 bridgehead atoms. The number of rotatable bonds is 5. The molecule has 0 aromatic heterocycles. The van der Waals surface area contributed by atoms with Crippen LogP contribution in [0.15, 0.2) is 72.8 Å². The van der Waals surface area contributed by atoms with Gasteiger partial charge in [-0.05, 0) is 53.9 Å². The first-order valence-corrected chi connectivity index (χ1v) is 10.9. The maximum absolute atomic E-state index is 11.2. The molecule has 3 aromatic carbocycles. The van der Waals surface area contributed by atoms with Crippen LogP contribution in [-0.2, 0) is 13.0 Å². The van der Waals surface area contributed by atoms with Crippen LogP contribution in [0.1, 0.15) is 16.7 Å². The highest BCUT2D eigenvalue weighted by molar-refractivity contribution is 5.83. The van der Waals surface area contributed by atoms with Crippen LogP contribution in [0.25, 0.3) is 0 Å². The number of hydrogen-bond donors (Lipinski definition) is 2. The van der Waals surface area contributed by atoms with E-state index in [-0.39, 0.29) is 0 Å². The zero-order valence-corrected chi connectivity index (χ0v) is 17.8. The Morgan fingerprint density at radius 2 is 1.59 bits per heavy atom. The Morgan fingerprint density at radius 1 is 0.906 bits per heavy atom. The fourth-order valence-electron chi connectivity index (χ4n) is 4.75. The van der Waals surface area contributed by atoms with E-state index in [9.17, 15) is 10.2 Å². The van der Waals surface area contributed by atoms with Crippen molar-refractivity contribution in [1.82, 2.24) is 4.90 Å². The molecule has 3 aromatic rings. The Hall–Kier alpha value is -3.37. The van der Waals surface area contributed by atoms with Crippen molar-refractivity contribution in [3.05, 3.63) is 89.5 Å². The molecule has 2 atom stereocenters. The van der Waals surface area contributed by atoms with Crippen molar-refractivity contribution in [3.8, 4) is 6.07 Å². The Labute approximate surface area is 188 Å². The lowest BCUT2D eigenvalue weighted by atomic mass is 10.00. The summed E-state index contributed by atoms with van der Waals surface area (Å²) in [6, 6.07) is 25.6. The van der Waals surface area contributed by atoms with Gasteiger partial charge in [-0.2, -0.15) is 5.26 Å². The molecule has 0 radical (unpaired) electrons. The molecule has 5 rings (SSSR count). The second kappa shape index (κ2) is 8.64. The first kappa shape index (κ1) is 20.5. The van der Waals surface area contributed by atoms with E-state index in [2.05, 4.69) is 35.2 Å². The van der Waals surface area contributed by atoms with Crippen LogP contribution in [0.2, 0.25) is 0 Å². The number of aliphatic hydroxyl groups is 2. The first-order chi connectivity index (χ1) is 15.6. The molecule has 0 fully saturated rings. The summed E-state index contributed by atoms with van der Waals surface area (Å²) in [7, 11) is 0. The Morgan fingerprint density at radius 3 is 2.34 bits per heavy atom. The third-order valence-electron chi connectivity index (χ3n) is 6.32. The summed E-state index contributed by atoms with van der Waals surface area (Å²) in [5, 5.41) is 31.2. The second-order valence-corrected chi connectivity index (χ2v) is 8.42. The third-order valence-corrected chi connectivity index (χ3v) is 6.32. The zero-order valence-electron chi connectivity index (χ0n) is 17.8. The van der Waals surface area contributed by atoms with Gasteiger partial charge < -0.3 is 15.1 Å². The van der Waals surface area contributed by atoms with E-state index in [1.54, 1.807) is 12.1 Å². The highest BCUT2D eigenvalue weighted by Crippen LogP contribution is 2.43. The summed E-state index contributed by atoms with van der Waals surface area (Å²) < 4.78 is 0. The van der Waals surface area contributed by atoms with Crippen LogP contribution >= 0.6 is 0 Å². The third kappa shape index (κ3) is 3.82. The average molecular weight is 427 g/mol. The quantitative estimate of drug-likeness (QED) is 0.653. The molecule has 0 aliphatic carbocycles. The van der Waals surface area contributed by atoms with Crippen molar-refractivity contribution in [3.63, 3.8) is 0 Å². The molecule has 2 aliphatic rings. The zero-order chi connectivity index (χ0) is 22.1. The molecule has 2 heterocycles. The van der Waals surface area contributed by atoms with Crippen LogP contribution in [0.5, 0.6) is 0 Å². The fraction of sp³-hybridized carbons (Fsp3) is 0.269. The van der Waals surface area contributed by atoms with E-state index in [0.29, 0.717) is 18.7 Å². The van der Waals surface area contributed by atoms with Gasteiger partial charge in [-0.15, -0.1) is 0 Å². The highest BCUT2D eigenvalue weighted by Gasteiger charge is 2.36. The Bertz CT molecular complexity index is 1140. The molecule has 162 valence electrons. The molecule has 6 nitrogen and oxygen atoms in total. The van der Waals surface area contributed by atoms with Gasteiger partial charge >= 0.3 is 0 Å². The monoisotopic (exact) mass is 426 g/mol. The number of anilines is 3. The molecule has 32 heavy (non-hydrogen) atoms. The lowest BCUT2D eigenvalue weighted by molar-refractivity contribution is 0.0957. The molecular formula is C26H26N4O2. The largest absolute Gasteiger partial charge is 0.390 e. The van der Waals surface area contributed by atoms with E-state index < -0.39 is 12.5 Å². The van der Waals surface area contributed by atoms with E-state index >= 15 is 0 Å². The van der Waals surface area contributed by atoms with Crippen LogP contribution < -0.4 is 9.80 Å². The summed E-state index contributed by atoms with van der Waals surface area (Å²) in [6.45, 7) is 2.63. The number of fused-ring (bicyclic) bond motifs is 2. The van der Waals surface area contributed by atoms with Crippen LogP contribution in [0, 0.1) is 11.3 Å². The van der Waals surface area contributed by atoms with Crippen LogP contribution in [0.3, 0.4) is 0 Å². The molecule has 6 heteroatoms. The summed E-state index contributed by atoms with van der Waals surface area (Å²) in [5.41, 5.74) is 5.85. The Balaban J connectivity index is 1.32. The minimum absolute atomic E-state index is 0.323. The van der Waals surface area contributed by atoms with Gasteiger partial charge in [-0.25, -0.2) is 0 Å². The van der Waals surface area contributed by atoms with Crippen molar-refractivity contribution in [2.45, 2.75) is 25.4 Å². The van der Waals surface area contributed by atoms with Gasteiger partial charge in [0.1, 0.15) is 0 Å². The molecule has 0 amide bonds. The van der Waals surface area contributed by atoms with Gasteiger partial charge in [0.2, 0.25) is 6.35 Å². The van der Waals surface area contributed by atoms with Gasteiger partial charge in [0.15, 0.2) is 0 Å². The molecule has 2 unspecified atom stereocenters. The maximum Gasteiger partial charge on any atom is 0.212 e. The number of nitriles is 1. The summed E-state index contributed by atoms with van der Waals surface area (Å²) in [6.07, 6.45) is -0.550. The lowest BCUT2D eigenvalue weighted by Gasteiger charge is -2.33. The predicted octanol–water partition coefficient (Wildman–Crippen LogP) is 3.21. The summed E-state index contributed by atoms with van der Waals surface area (Å²) in [4.78, 5) is 5.95. The minimum Gasteiger partial charge on any atom is -0.390 e. The van der Waals surface area contributed by atoms with E-state index in [4.69, 9.17) is 5.26 Å². The Kier molecular flexibility index (Phi) is 5.54. The van der Waals surface area contributed by atoms with Gasteiger partial charge in [0.05, 0.1) is 29.1 Å². The summed E-state index contributed by atoms with van der Waals surface area (Å²) >= 11 is 0. The smallest absolute Gasteiger partial charge is 0.212 e. The predicted molar refractivity (Wildman–Crippen MR) is 125 cm³/mol. The standard InChI is InChI=1S/C26H26N4O2/c27-15-19-9-11-22(12-10-19)30-25-8-4-3-7-24(25)29(26(30)32)18-23(31)17-28-14-13-20-5-1-2-6-21(20)16-28/h1-12,23,26,31-32H,13-14,16-18H2. The van der Waals surface area contributed by atoms with Crippen molar-refractivity contribution in [1.29, 1.82) is 5.26 Å². The molecular weight excluding hydrogens is 400 g/mol. The molecule has 2 N–H and O–H groups in total. The van der Waals surface area contributed by atoms with Crippen molar-refractivity contribution in [2.24, 2.45) is 0 Å². The molecule has 2 aliphatic heterocycles. The van der Waals surface area contributed by atoms with Crippen LogP contribution in [0.4, 0.5) is 17.1 Å². The lowest BCUT2D eigenvalue weighted by Crippen LogP contribution is -2.47. The normalized spacial score (nSPS) is 18.7. The maximum atomic E-state index is 11.2. The fourth-order valence-corrected chi connectivity index (χ4v) is 4.75. The highest BCUT2D eigenvalue weighted by atomic mass is 16.3. The van der Waals surface area contributed by atoms with Crippen molar-refractivity contribution in [2.75, 3.05) is 29.4 Å².